The van der Waals surface area contributed by atoms with Crippen LogP contribution in [0.25, 0.3) is 10.7 Å². The molecule has 4 aromatic rings. The minimum absolute atomic E-state index is 0.0786. The summed E-state index contributed by atoms with van der Waals surface area (Å²) in [5, 5.41) is 8.88. The standard InChI is InChI=1S/C23H20N4O2S/c28-21(11-12-22-25-23(26-29-22)20-6-3-15-30-20)24-17-7-9-18(10-8-17)27-14-13-16-4-1-2-5-19(16)27/h1-10,15H,11-14H2,(H,24,28). The third kappa shape index (κ3) is 3.84. The van der Waals surface area contributed by atoms with Crippen molar-refractivity contribution in [2.75, 3.05) is 16.8 Å². The minimum atomic E-state index is -0.0786. The molecule has 0 aliphatic carbocycles. The summed E-state index contributed by atoms with van der Waals surface area (Å²) in [6.45, 7) is 0.975. The Morgan fingerprint density at radius 3 is 2.80 bits per heavy atom. The van der Waals surface area contributed by atoms with Crippen LogP contribution in [0.5, 0.6) is 0 Å². The summed E-state index contributed by atoms with van der Waals surface area (Å²) >= 11 is 1.55. The number of anilines is 3. The van der Waals surface area contributed by atoms with Crippen molar-refractivity contribution in [1.29, 1.82) is 0 Å². The van der Waals surface area contributed by atoms with Crippen LogP contribution in [0.2, 0.25) is 0 Å². The van der Waals surface area contributed by atoms with E-state index in [-0.39, 0.29) is 12.3 Å². The van der Waals surface area contributed by atoms with E-state index in [1.54, 1.807) is 11.3 Å². The van der Waals surface area contributed by atoms with Crippen molar-refractivity contribution >= 4 is 34.3 Å². The number of carbonyl (C=O) groups is 1. The number of hydrogen-bond donors (Lipinski definition) is 1. The average Bonchev–Trinajstić information content (AvgIpc) is 3.53. The second kappa shape index (κ2) is 8.12. The van der Waals surface area contributed by atoms with E-state index < -0.39 is 0 Å². The summed E-state index contributed by atoms with van der Waals surface area (Å²) in [6.07, 6.45) is 1.75. The summed E-state index contributed by atoms with van der Waals surface area (Å²) in [6, 6.07) is 20.3. The van der Waals surface area contributed by atoms with Gasteiger partial charge < -0.3 is 14.7 Å². The first kappa shape index (κ1) is 18.6. The molecule has 3 heterocycles. The quantitative estimate of drug-likeness (QED) is 0.475. The van der Waals surface area contributed by atoms with Gasteiger partial charge in [-0.1, -0.05) is 29.4 Å². The molecular formula is C23H20N4O2S. The van der Waals surface area contributed by atoms with Crippen molar-refractivity contribution in [2.24, 2.45) is 0 Å². The third-order valence-electron chi connectivity index (χ3n) is 5.13. The number of aryl methyl sites for hydroxylation is 1. The van der Waals surface area contributed by atoms with Crippen LogP contribution in [0.1, 0.15) is 17.9 Å². The monoisotopic (exact) mass is 416 g/mol. The van der Waals surface area contributed by atoms with Crippen LogP contribution in [0, 0.1) is 0 Å². The minimum Gasteiger partial charge on any atom is -0.341 e. The van der Waals surface area contributed by atoms with Crippen LogP contribution in [-0.2, 0) is 17.6 Å². The maximum absolute atomic E-state index is 12.3. The largest absolute Gasteiger partial charge is 0.341 e. The van der Waals surface area contributed by atoms with Gasteiger partial charge in [0, 0.05) is 36.4 Å². The van der Waals surface area contributed by atoms with Gasteiger partial charge in [-0.25, -0.2) is 0 Å². The molecule has 0 saturated heterocycles. The number of rotatable bonds is 6. The Bertz CT molecular complexity index is 1150. The van der Waals surface area contributed by atoms with Gasteiger partial charge in [-0.3, -0.25) is 4.79 Å². The number of fused-ring (bicyclic) bond motifs is 1. The van der Waals surface area contributed by atoms with Crippen molar-refractivity contribution in [3.63, 3.8) is 0 Å². The van der Waals surface area contributed by atoms with Crippen molar-refractivity contribution in [3.05, 3.63) is 77.5 Å². The Kier molecular flexibility index (Phi) is 5.03. The van der Waals surface area contributed by atoms with Crippen LogP contribution >= 0.6 is 11.3 Å². The molecule has 1 N–H and O–H groups in total. The van der Waals surface area contributed by atoms with E-state index >= 15 is 0 Å². The molecule has 0 atom stereocenters. The zero-order valence-electron chi connectivity index (χ0n) is 16.2. The van der Waals surface area contributed by atoms with Crippen LogP contribution in [0.4, 0.5) is 17.1 Å². The number of carbonyl (C=O) groups excluding carboxylic acids is 1. The van der Waals surface area contributed by atoms with Gasteiger partial charge in [0.05, 0.1) is 4.88 Å². The zero-order chi connectivity index (χ0) is 20.3. The lowest BCUT2D eigenvalue weighted by Crippen LogP contribution is -2.14. The van der Waals surface area contributed by atoms with Crippen molar-refractivity contribution < 1.29 is 9.32 Å². The molecule has 5 rings (SSSR count). The molecule has 7 heteroatoms. The van der Waals surface area contributed by atoms with E-state index in [1.165, 1.54) is 11.3 Å². The summed E-state index contributed by atoms with van der Waals surface area (Å²) in [5.74, 6) is 0.959. The molecule has 0 unspecified atom stereocenters. The van der Waals surface area contributed by atoms with Crippen molar-refractivity contribution in [3.8, 4) is 10.7 Å². The topological polar surface area (TPSA) is 71.3 Å². The molecule has 30 heavy (non-hydrogen) atoms. The maximum Gasteiger partial charge on any atom is 0.227 e. The molecule has 1 aliphatic rings. The predicted molar refractivity (Wildman–Crippen MR) is 118 cm³/mol. The lowest BCUT2D eigenvalue weighted by molar-refractivity contribution is -0.116. The molecule has 0 spiro atoms. The lowest BCUT2D eigenvalue weighted by atomic mass is 10.2. The van der Waals surface area contributed by atoms with Gasteiger partial charge >= 0.3 is 0 Å². The number of para-hydroxylation sites is 1. The van der Waals surface area contributed by atoms with Crippen LogP contribution in [-0.4, -0.2) is 22.6 Å². The molecule has 0 fully saturated rings. The second-order valence-corrected chi connectivity index (χ2v) is 8.06. The van der Waals surface area contributed by atoms with E-state index in [0.29, 0.717) is 18.1 Å². The fraction of sp³-hybridized carbons (Fsp3) is 0.174. The van der Waals surface area contributed by atoms with Gasteiger partial charge in [0.15, 0.2) is 0 Å². The highest BCUT2D eigenvalue weighted by molar-refractivity contribution is 7.13. The Hall–Kier alpha value is -3.45. The number of nitrogens with one attached hydrogen (secondary N) is 1. The van der Waals surface area contributed by atoms with Gasteiger partial charge in [0.1, 0.15) is 0 Å². The smallest absolute Gasteiger partial charge is 0.227 e. The van der Waals surface area contributed by atoms with Crippen LogP contribution < -0.4 is 10.2 Å². The lowest BCUT2D eigenvalue weighted by Gasteiger charge is -2.20. The van der Waals surface area contributed by atoms with E-state index in [0.717, 1.165) is 29.2 Å². The number of nitrogens with zero attached hydrogens (tertiary/aromatic N) is 3. The Balaban J connectivity index is 1.17. The van der Waals surface area contributed by atoms with Crippen LogP contribution in [0.15, 0.2) is 70.6 Å². The molecule has 0 bridgehead atoms. The Morgan fingerprint density at radius 2 is 1.97 bits per heavy atom. The van der Waals surface area contributed by atoms with E-state index in [1.807, 2.05) is 41.8 Å². The summed E-state index contributed by atoms with van der Waals surface area (Å²) in [5.41, 5.74) is 4.54. The molecule has 1 amide bonds. The zero-order valence-corrected chi connectivity index (χ0v) is 17.1. The van der Waals surface area contributed by atoms with Gasteiger partial charge in [-0.2, -0.15) is 4.98 Å². The van der Waals surface area contributed by atoms with Crippen molar-refractivity contribution in [1.82, 2.24) is 10.1 Å². The SMILES string of the molecule is O=C(CCc1nc(-c2cccs2)no1)Nc1ccc(N2CCc3ccccc32)cc1. The normalized spacial score (nSPS) is 12.7. The first-order valence-electron chi connectivity index (χ1n) is 9.88. The molecule has 150 valence electrons. The molecule has 1 aliphatic heterocycles. The van der Waals surface area contributed by atoms with Crippen molar-refractivity contribution in [2.45, 2.75) is 19.3 Å². The van der Waals surface area contributed by atoms with Gasteiger partial charge in [-0.05, 0) is 53.8 Å². The summed E-state index contributed by atoms with van der Waals surface area (Å²) in [7, 11) is 0. The third-order valence-corrected chi connectivity index (χ3v) is 5.99. The average molecular weight is 417 g/mol. The van der Waals surface area contributed by atoms with E-state index in [4.69, 9.17) is 4.52 Å². The molecule has 2 aromatic heterocycles. The maximum atomic E-state index is 12.3. The number of hydrogen-bond acceptors (Lipinski definition) is 6. The van der Waals surface area contributed by atoms with E-state index in [9.17, 15) is 4.79 Å². The molecular weight excluding hydrogens is 396 g/mol. The van der Waals surface area contributed by atoms with Gasteiger partial charge in [-0.15, -0.1) is 11.3 Å². The summed E-state index contributed by atoms with van der Waals surface area (Å²) < 4.78 is 5.25. The predicted octanol–water partition coefficient (Wildman–Crippen LogP) is 5.06. The fourth-order valence-corrected chi connectivity index (χ4v) is 4.29. The summed E-state index contributed by atoms with van der Waals surface area (Å²) in [4.78, 5) is 19.9. The highest BCUT2D eigenvalue weighted by Gasteiger charge is 2.19. The van der Waals surface area contributed by atoms with E-state index in [2.05, 4.69) is 44.6 Å². The van der Waals surface area contributed by atoms with Gasteiger partial charge in [0.25, 0.3) is 0 Å². The number of aromatic nitrogens is 2. The number of amides is 1. The Labute approximate surface area is 178 Å². The molecule has 2 aromatic carbocycles. The first-order chi connectivity index (χ1) is 14.8. The number of thiophene rings is 1. The first-order valence-corrected chi connectivity index (χ1v) is 10.8. The molecule has 6 nitrogen and oxygen atoms in total. The van der Waals surface area contributed by atoms with Crippen LogP contribution in [0.3, 0.4) is 0 Å². The highest BCUT2D eigenvalue weighted by atomic mass is 32.1. The Morgan fingerprint density at radius 1 is 1.10 bits per heavy atom. The molecule has 0 saturated carbocycles. The molecule has 0 radical (unpaired) electrons. The number of benzene rings is 2. The van der Waals surface area contributed by atoms with Gasteiger partial charge in [0.2, 0.25) is 17.6 Å². The second-order valence-electron chi connectivity index (χ2n) is 7.11. The highest BCUT2D eigenvalue weighted by Crippen LogP contribution is 2.34. The fourth-order valence-electron chi connectivity index (χ4n) is 3.64.